The van der Waals surface area contributed by atoms with Crippen LogP contribution in [0, 0.1) is 12.7 Å². The van der Waals surface area contributed by atoms with Crippen molar-refractivity contribution in [3.05, 3.63) is 35.1 Å². The number of carbonyl (C=O) groups excluding carboxylic acids is 1. The van der Waals surface area contributed by atoms with Gasteiger partial charge in [0.05, 0.1) is 5.60 Å². The van der Waals surface area contributed by atoms with Crippen molar-refractivity contribution in [1.82, 2.24) is 10.6 Å². The summed E-state index contributed by atoms with van der Waals surface area (Å²) in [6.45, 7) is 3.12. The lowest BCUT2D eigenvalue weighted by Crippen LogP contribution is -2.48. The van der Waals surface area contributed by atoms with Crippen LogP contribution in [0.1, 0.15) is 24.0 Å². The van der Waals surface area contributed by atoms with E-state index in [2.05, 4.69) is 10.6 Å². The SMILES string of the molecule is Cc1ccc(CNC(=O)NCC2(O)CCOCC2)cc1F. The summed E-state index contributed by atoms with van der Waals surface area (Å²) in [6.07, 6.45) is 1.02. The molecule has 0 atom stereocenters. The summed E-state index contributed by atoms with van der Waals surface area (Å²) in [5.74, 6) is -0.286. The first kappa shape index (κ1) is 15.7. The van der Waals surface area contributed by atoms with Crippen molar-refractivity contribution in [2.45, 2.75) is 31.9 Å². The first-order valence-corrected chi connectivity index (χ1v) is 7.05. The number of carbonyl (C=O) groups is 1. The minimum absolute atomic E-state index is 0.185. The second kappa shape index (κ2) is 6.87. The molecule has 1 heterocycles. The molecule has 1 aliphatic rings. The summed E-state index contributed by atoms with van der Waals surface area (Å²) >= 11 is 0. The normalized spacial score (nSPS) is 17.3. The van der Waals surface area contributed by atoms with E-state index in [9.17, 15) is 14.3 Å². The van der Waals surface area contributed by atoms with E-state index in [4.69, 9.17) is 4.74 Å². The second-order valence-corrected chi connectivity index (χ2v) is 5.46. The van der Waals surface area contributed by atoms with E-state index >= 15 is 0 Å². The fraction of sp³-hybridized carbons (Fsp3) is 0.533. The van der Waals surface area contributed by atoms with Gasteiger partial charge < -0.3 is 20.5 Å². The number of urea groups is 1. The van der Waals surface area contributed by atoms with Crippen molar-refractivity contribution in [1.29, 1.82) is 0 Å². The molecular formula is C15H21FN2O3. The Kier molecular flexibility index (Phi) is 5.14. The maximum absolute atomic E-state index is 13.4. The van der Waals surface area contributed by atoms with E-state index in [0.717, 1.165) is 0 Å². The topological polar surface area (TPSA) is 70.6 Å². The molecule has 2 amide bonds. The Bertz CT molecular complexity index is 502. The van der Waals surface area contributed by atoms with Crippen molar-refractivity contribution < 1.29 is 19.0 Å². The van der Waals surface area contributed by atoms with Gasteiger partial charge in [0.25, 0.3) is 0 Å². The van der Waals surface area contributed by atoms with Gasteiger partial charge in [0.1, 0.15) is 5.82 Å². The summed E-state index contributed by atoms with van der Waals surface area (Å²) in [5.41, 5.74) is 0.369. The zero-order valence-corrected chi connectivity index (χ0v) is 12.1. The predicted molar refractivity (Wildman–Crippen MR) is 76.4 cm³/mol. The van der Waals surface area contributed by atoms with Gasteiger partial charge in [0.15, 0.2) is 0 Å². The monoisotopic (exact) mass is 296 g/mol. The maximum Gasteiger partial charge on any atom is 0.315 e. The fourth-order valence-corrected chi connectivity index (χ4v) is 2.16. The van der Waals surface area contributed by atoms with Gasteiger partial charge in [-0.05, 0) is 24.1 Å². The number of amides is 2. The van der Waals surface area contributed by atoms with Crippen LogP contribution in [0.15, 0.2) is 18.2 Å². The van der Waals surface area contributed by atoms with Crippen molar-refractivity contribution in [2.75, 3.05) is 19.8 Å². The molecule has 3 N–H and O–H groups in total. The van der Waals surface area contributed by atoms with Crippen molar-refractivity contribution in [2.24, 2.45) is 0 Å². The zero-order valence-electron chi connectivity index (χ0n) is 12.1. The Balaban J connectivity index is 1.75. The minimum atomic E-state index is -0.897. The highest BCUT2D eigenvalue weighted by Gasteiger charge is 2.29. The number of aliphatic hydroxyl groups is 1. The highest BCUT2D eigenvalue weighted by Crippen LogP contribution is 2.19. The molecule has 116 valence electrons. The molecule has 6 heteroatoms. The Morgan fingerprint density at radius 1 is 1.38 bits per heavy atom. The highest BCUT2D eigenvalue weighted by molar-refractivity contribution is 5.73. The van der Waals surface area contributed by atoms with Crippen LogP contribution in [-0.2, 0) is 11.3 Å². The highest BCUT2D eigenvalue weighted by atomic mass is 19.1. The lowest BCUT2D eigenvalue weighted by Gasteiger charge is -2.32. The van der Waals surface area contributed by atoms with Gasteiger partial charge in [-0.3, -0.25) is 0 Å². The van der Waals surface area contributed by atoms with E-state index in [-0.39, 0.29) is 24.9 Å². The molecule has 1 saturated heterocycles. The number of aryl methyl sites for hydroxylation is 1. The van der Waals surface area contributed by atoms with Crippen molar-refractivity contribution in [3.8, 4) is 0 Å². The number of nitrogens with one attached hydrogen (secondary N) is 2. The average Bonchev–Trinajstić information content (AvgIpc) is 2.47. The molecule has 2 rings (SSSR count). The molecule has 0 radical (unpaired) electrons. The molecule has 0 bridgehead atoms. The van der Waals surface area contributed by atoms with Gasteiger partial charge >= 0.3 is 6.03 Å². The van der Waals surface area contributed by atoms with Crippen LogP contribution in [0.5, 0.6) is 0 Å². The number of benzene rings is 1. The summed E-state index contributed by atoms with van der Waals surface area (Å²) < 4.78 is 18.5. The Hall–Kier alpha value is -1.66. The van der Waals surface area contributed by atoms with Crippen LogP contribution in [0.3, 0.4) is 0 Å². The third-order valence-electron chi connectivity index (χ3n) is 3.69. The van der Waals surface area contributed by atoms with Crippen LogP contribution in [-0.4, -0.2) is 36.5 Å². The minimum Gasteiger partial charge on any atom is -0.388 e. The number of rotatable bonds is 4. The number of halogens is 1. The second-order valence-electron chi connectivity index (χ2n) is 5.46. The van der Waals surface area contributed by atoms with Gasteiger partial charge in [-0.1, -0.05) is 12.1 Å². The quantitative estimate of drug-likeness (QED) is 0.788. The van der Waals surface area contributed by atoms with Crippen LogP contribution in [0.2, 0.25) is 0 Å². The summed E-state index contributed by atoms with van der Waals surface area (Å²) in [5, 5.41) is 15.5. The van der Waals surface area contributed by atoms with Crippen LogP contribution in [0.4, 0.5) is 9.18 Å². The van der Waals surface area contributed by atoms with Gasteiger partial charge in [-0.2, -0.15) is 0 Å². The molecule has 0 spiro atoms. The number of hydrogen-bond acceptors (Lipinski definition) is 3. The maximum atomic E-state index is 13.4. The first-order chi connectivity index (χ1) is 9.98. The molecule has 0 aliphatic carbocycles. The van der Waals surface area contributed by atoms with E-state index in [0.29, 0.717) is 37.2 Å². The summed E-state index contributed by atoms with van der Waals surface area (Å²) in [7, 11) is 0. The fourth-order valence-electron chi connectivity index (χ4n) is 2.16. The zero-order chi connectivity index (χ0) is 15.3. The number of ether oxygens (including phenoxy) is 1. The van der Waals surface area contributed by atoms with Crippen molar-refractivity contribution >= 4 is 6.03 Å². The van der Waals surface area contributed by atoms with Gasteiger partial charge in [-0.15, -0.1) is 0 Å². The smallest absolute Gasteiger partial charge is 0.315 e. The van der Waals surface area contributed by atoms with E-state index in [1.165, 1.54) is 6.07 Å². The molecule has 0 unspecified atom stereocenters. The average molecular weight is 296 g/mol. The largest absolute Gasteiger partial charge is 0.388 e. The standard InChI is InChI=1S/C15H21FN2O3/c1-11-2-3-12(8-13(11)16)9-17-14(19)18-10-15(20)4-6-21-7-5-15/h2-3,8,20H,4-7,9-10H2,1H3,(H2,17,18,19). The summed E-state index contributed by atoms with van der Waals surface area (Å²) in [6, 6.07) is 4.47. The first-order valence-electron chi connectivity index (χ1n) is 7.05. The third kappa shape index (κ3) is 4.68. The van der Waals surface area contributed by atoms with E-state index in [1.54, 1.807) is 19.1 Å². The van der Waals surface area contributed by atoms with Crippen molar-refractivity contribution in [3.63, 3.8) is 0 Å². The number of hydrogen-bond donors (Lipinski definition) is 3. The molecule has 21 heavy (non-hydrogen) atoms. The Labute approximate surface area is 123 Å². The van der Waals surface area contributed by atoms with Crippen LogP contribution in [0.25, 0.3) is 0 Å². The summed E-state index contributed by atoms with van der Waals surface area (Å²) in [4.78, 5) is 11.7. The van der Waals surface area contributed by atoms with Crippen LogP contribution < -0.4 is 10.6 Å². The Morgan fingerprint density at radius 2 is 2.10 bits per heavy atom. The van der Waals surface area contributed by atoms with Gasteiger partial charge in [0.2, 0.25) is 0 Å². The van der Waals surface area contributed by atoms with Gasteiger partial charge in [0, 0.05) is 39.1 Å². The Morgan fingerprint density at radius 3 is 2.76 bits per heavy atom. The van der Waals surface area contributed by atoms with E-state index < -0.39 is 5.60 Å². The predicted octanol–water partition coefficient (Wildman–Crippen LogP) is 1.47. The molecule has 1 fully saturated rings. The third-order valence-corrected chi connectivity index (χ3v) is 3.69. The van der Waals surface area contributed by atoms with Crippen LogP contribution >= 0.6 is 0 Å². The molecule has 1 aromatic carbocycles. The molecule has 1 aromatic rings. The molecule has 1 aliphatic heterocycles. The molecule has 5 nitrogen and oxygen atoms in total. The van der Waals surface area contributed by atoms with Gasteiger partial charge in [-0.25, -0.2) is 9.18 Å². The lowest BCUT2D eigenvalue weighted by atomic mass is 9.94. The lowest BCUT2D eigenvalue weighted by molar-refractivity contribution is -0.0600. The molecule has 0 saturated carbocycles. The molecular weight excluding hydrogens is 275 g/mol. The molecule has 0 aromatic heterocycles. The van der Waals surface area contributed by atoms with E-state index in [1.807, 2.05) is 0 Å².